The molecule has 0 spiro atoms. The van der Waals surface area contributed by atoms with Gasteiger partial charge in [0.1, 0.15) is 0 Å². The van der Waals surface area contributed by atoms with E-state index >= 15 is 0 Å². The minimum absolute atomic E-state index is 0.0226. The molecular weight excluding hydrogens is 282 g/mol. The van der Waals surface area contributed by atoms with E-state index in [2.05, 4.69) is 4.98 Å². The number of aromatic nitrogens is 1. The molecule has 22 heavy (non-hydrogen) atoms. The maximum absolute atomic E-state index is 12.2. The van der Waals surface area contributed by atoms with Crippen molar-refractivity contribution in [3.8, 4) is 0 Å². The van der Waals surface area contributed by atoms with Crippen LogP contribution < -0.4 is 4.90 Å². The molecule has 0 aliphatic carbocycles. The van der Waals surface area contributed by atoms with E-state index in [4.69, 9.17) is 0 Å². The van der Waals surface area contributed by atoms with Crippen LogP contribution in [0, 0.1) is 10.1 Å². The number of carbonyl (C=O) groups is 1. The van der Waals surface area contributed by atoms with Crippen molar-refractivity contribution >= 4 is 17.3 Å². The molecule has 0 radical (unpaired) electrons. The lowest BCUT2D eigenvalue weighted by molar-refractivity contribution is -0.384. The molecule has 1 aromatic carbocycles. The number of benzene rings is 1. The third kappa shape index (κ3) is 4.12. The first-order valence-corrected chi connectivity index (χ1v) is 6.99. The minimum Gasteiger partial charge on any atom is -0.315 e. The van der Waals surface area contributed by atoms with Crippen LogP contribution in [0.1, 0.15) is 18.5 Å². The molecule has 0 aliphatic heterocycles. The Hall–Kier alpha value is -2.76. The monoisotopic (exact) mass is 299 g/mol. The molecule has 2 aromatic rings. The van der Waals surface area contributed by atoms with Gasteiger partial charge < -0.3 is 4.90 Å². The van der Waals surface area contributed by atoms with Crippen LogP contribution in [0.3, 0.4) is 0 Å². The lowest BCUT2D eigenvalue weighted by atomic mass is 10.1. The summed E-state index contributed by atoms with van der Waals surface area (Å²) < 4.78 is 0. The molecule has 114 valence electrons. The van der Waals surface area contributed by atoms with E-state index in [1.165, 1.54) is 17.0 Å². The smallest absolute Gasteiger partial charge is 0.271 e. The Bertz CT molecular complexity index is 659. The molecule has 6 heteroatoms. The van der Waals surface area contributed by atoms with Crippen molar-refractivity contribution in [2.24, 2.45) is 0 Å². The van der Waals surface area contributed by atoms with E-state index < -0.39 is 4.92 Å². The van der Waals surface area contributed by atoms with Gasteiger partial charge in [-0.05, 0) is 31.0 Å². The second kappa shape index (κ2) is 7.31. The van der Waals surface area contributed by atoms with Crippen molar-refractivity contribution in [1.29, 1.82) is 0 Å². The summed E-state index contributed by atoms with van der Waals surface area (Å²) in [5, 5.41) is 10.8. The summed E-state index contributed by atoms with van der Waals surface area (Å²) in [6, 6.07) is 11.8. The molecule has 1 amide bonds. The zero-order valence-electron chi connectivity index (χ0n) is 12.3. The van der Waals surface area contributed by atoms with Gasteiger partial charge in [0, 0.05) is 37.5 Å². The van der Waals surface area contributed by atoms with Crippen LogP contribution in [0.15, 0.2) is 48.7 Å². The maximum Gasteiger partial charge on any atom is 0.271 e. The van der Waals surface area contributed by atoms with E-state index in [-0.39, 0.29) is 11.6 Å². The van der Waals surface area contributed by atoms with Crippen LogP contribution in [-0.2, 0) is 11.2 Å². The maximum atomic E-state index is 12.2. The topological polar surface area (TPSA) is 76.3 Å². The molecule has 0 aliphatic rings. The van der Waals surface area contributed by atoms with Gasteiger partial charge >= 0.3 is 0 Å². The molecule has 0 saturated carbocycles. The molecule has 0 saturated heterocycles. The largest absolute Gasteiger partial charge is 0.315 e. The summed E-state index contributed by atoms with van der Waals surface area (Å²) in [4.78, 5) is 28.1. The highest BCUT2D eigenvalue weighted by Gasteiger charge is 2.14. The second-order valence-electron chi connectivity index (χ2n) is 4.90. The van der Waals surface area contributed by atoms with Crippen LogP contribution in [-0.4, -0.2) is 22.9 Å². The van der Waals surface area contributed by atoms with Crippen molar-refractivity contribution in [2.75, 3.05) is 11.9 Å². The van der Waals surface area contributed by atoms with Crippen molar-refractivity contribution in [3.05, 3.63) is 64.5 Å². The van der Waals surface area contributed by atoms with Gasteiger partial charge in [-0.3, -0.25) is 19.9 Å². The zero-order chi connectivity index (χ0) is 15.9. The number of rotatable bonds is 6. The number of pyridine rings is 1. The fourth-order valence-corrected chi connectivity index (χ4v) is 2.09. The molecule has 1 heterocycles. The normalized spacial score (nSPS) is 10.2. The molecule has 0 unspecified atom stereocenters. The predicted molar refractivity (Wildman–Crippen MR) is 83.7 cm³/mol. The number of carbonyl (C=O) groups excluding carboxylic acids is 1. The number of non-ortho nitro benzene ring substituents is 1. The third-order valence-corrected chi connectivity index (χ3v) is 3.35. The number of nitrogens with zero attached hydrogens (tertiary/aromatic N) is 3. The molecule has 0 N–H and O–H groups in total. The summed E-state index contributed by atoms with van der Waals surface area (Å²) >= 11 is 0. The van der Waals surface area contributed by atoms with Gasteiger partial charge in [-0.1, -0.05) is 12.1 Å². The van der Waals surface area contributed by atoms with Crippen LogP contribution in [0.2, 0.25) is 0 Å². The Morgan fingerprint density at radius 1 is 1.27 bits per heavy atom. The van der Waals surface area contributed by atoms with Gasteiger partial charge in [0.05, 0.1) is 10.6 Å². The van der Waals surface area contributed by atoms with Crippen LogP contribution >= 0.6 is 0 Å². The zero-order valence-corrected chi connectivity index (χ0v) is 12.3. The number of anilines is 1. The number of hydrogen-bond donors (Lipinski definition) is 0. The first-order chi connectivity index (χ1) is 10.6. The lowest BCUT2D eigenvalue weighted by Gasteiger charge is -2.17. The van der Waals surface area contributed by atoms with Gasteiger partial charge in [-0.15, -0.1) is 0 Å². The van der Waals surface area contributed by atoms with Gasteiger partial charge in [-0.2, -0.15) is 0 Å². The highest BCUT2D eigenvalue weighted by Crippen LogP contribution is 2.20. The summed E-state index contributed by atoms with van der Waals surface area (Å²) in [6.07, 6.45) is 3.52. The van der Waals surface area contributed by atoms with Gasteiger partial charge in [0.25, 0.3) is 5.69 Å². The van der Waals surface area contributed by atoms with Crippen LogP contribution in [0.25, 0.3) is 0 Å². The summed E-state index contributed by atoms with van der Waals surface area (Å²) in [5.74, 6) is -0.0728. The van der Waals surface area contributed by atoms with E-state index in [0.717, 1.165) is 12.1 Å². The lowest BCUT2D eigenvalue weighted by Crippen LogP contribution is -2.26. The Morgan fingerprint density at radius 2 is 2.09 bits per heavy atom. The highest BCUT2D eigenvalue weighted by atomic mass is 16.6. The average Bonchev–Trinajstić information content (AvgIpc) is 2.55. The van der Waals surface area contributed by atoms with Crippen molar-refractivity contribution < 1.29 is 9.72 Å². The first kappa shape index (κ1) is 15.6. The number of nitro groups is 1. The van der Waals surface area contributed by atoms with Gasteiger partial charge in [0.15, 0.2) is 0 Å². The third-order valence-electron chi connectivity index (χ3n) is 3.35. The number of aryl methyl sites for hydroxylation is 1. The molecule has 0 bridgehead atoms. The van der Waals surface area contributed by atoms with Gasteiger partial charge in [0.2, 0.25) is 5.91 Å². The van der Waals surface area contributed by atoms with Crippen LogP contribution in [0.4, 0.5) is 11.4 Å². The van der Waals surface area contributed by atoms with Crippen LogP contribution in [0.5, 0.6) is 0 Å². The van der Waals surface area contributed by atoms with E-state index in [9.17, 15) is 14.9 Å². The molecule has 2 rings (SSSR count). The van der Waals surface area contributed by atoms with Crippen molar-refractivity contribution in [1.82, 2.24) is 4.98 Å². The Morgan fingerprint density at radius 3 is 2.77 bits per heavy atom. The average molecular weight is 299 g/mol. The molecule has 0 fully saturated rings. The quantitative estimate of drug-likeness (QED) is 0.607. The Kier molecular flexibility index (Phi) is 5.19. The first-order valence-electron chi connectivity index (χ1n) is 6.99. The van der Waals surface area contributed by atoms with E-state index in [1.807, 2.05) is 18.2 Å². The van der Waals surface area contributed by atoms with Crippen molar-refractivity contribution in [2.45, 2.75) is 19.3 Å². The minimum atomic E-state index is -0.469. The number of hydrogen-bond acceptors (Lipinski definition) is 4. The standard InChI is InChI=1S/C16H17N3O3/c1-18(14-8-5-9-15(12-14)19(21)22)16(20)10-4-7-13-6-2-3-11-17-13/h2-3,5-6,8-9,11-12H,4,7,10H2,1H3. The SMILES string of the molecule is CN(C(=O)CCCc1ccccn1)c1cccc([N+](=O)[O-])c1. The second-order valence-corrected chi connectivity index (χ2v) is 4.90. The predicted octanol–water partition coefficient (Wildman–Crippen LogP) is 2.98. The summed E-state index contributed by atoms with van der Waals surface area (Å²) in [6.45, 7) is 0. The highest BCUT2D eigenvalue weighted by molar-refractivity contribution is 5.93. The van der Waals surface area contributed by atoms with E-state index in [1.54, 1.807) is 25.4 Å². The van der Waals surface area contributed by atoms with E-state index in [0.29, 0.717) is 18.5 Å². The fourth-order valence-electron chi connectivity index (χ4n) is 2.09. The molecule has 6 nitrogen and oxygen atoms in total. The number of amides is 1. The summed E-state index contributed by atoms with van der Waals surface area (Å²) in [5.41, 5.74) is 1.45. The van der Waals surface area contributed by atoms with Crippen molar-refractivity contribution in [3.63, 3.8) is 0 Å². The Labute approximate surface area is 128 Å². The fraction of sp³-hybridized carbons (Fsp3) is 0.250. The molecular formula is C16H17N3O3. The van der Waals surface area contributed by atoms with Gasteiger partial charge in [-0.25, -0.2) is 0 Å². The molecule has 1 aromatic heterocycles. The summed E-state index contributed by atoms with van der Waals surface area (Å²) in [7, 11) is 1.63. The molecule has 0 atom stereocenters. The number of nitro benzene ring substituents is 1. The Balaban J connectivity index is 1.92.